The van der Waals surface area contributed by atoms with Gasteiger partial charge in [-0.25, -0.2) is 0 Å². The Bertz CT molecular complexity index is 551. The van der Waals surface area contributed by atoms with Crippen LogP contribution in [0, 0.1) is 17.2 Å². The normalized spacial score (nSPS) is 21.4. The molecule has 1 aliphatic heterocycles. The highest BCUT2D eigenvalue weighted by atomic mass is 16.5. The Kier molecular flexibility index (Phi) is 5.18. The maximum atomic E-state index is 12.4. The van der Waals surface area contributed by atoms with Crippen LogP contribution in [0.5, 0.6) is 5.75 Å². The van der Waals surface area contributed by atoms with Crippen molar-refractivity contribution in [3.8, 4) is 11.8 Å². The Morgan fingerprint density at radius 2 is 2.38 bits per heavy atom. The molecule has 0 radical (unpaired) electrons. The molecule has 2 atom stereocenters. The van der Waals surface area contributed by atoms with Gasteiger partial charge in [-0.15, -0.1) is 0 Å². The molecular formula is C16H21N3O2. The third-order valence-electron chi connectivity index (χ3n) is 4.02. The molecule has 0 saturated carbocycles. The lowest BCUT2D eigenvalue weighted by atomic mass is 9.90. The van der Waals surface area contributed by atoms with E-state index in [9.17, 15) is 4.79 Å². The fraction of sp³-hybridized carbons (Fsp3) is 0.500. The van der Waals surface area contributed by atoms with E-state index in [0.29, 0.717) is 22.9 Å². The number of para-hydroxylation sites is 1. The molecule has 0 spiro atoms. The topological polar surface area (TPSA) is 74.2 Å². The quantitative estimate of drug-likeness (QED) is 0.891. The van der Waals surface area contributed by atoms with Crippen molar-refractivity contribution < 1.29 is 9.53 Å². The van der Waals surface area contributed by atoms with Crippen LogP contribution in [-0.4, -0.2) is 25.6 Å². The van der Waals surface area contributed by atoms with E-state index in [1.807, 2.05) is 0 Å². The van der Waals surface area contributed by atoms with Gasteiger partial charge in [-0.3, -0.25) is 4.79 Å². The molecule has 0 aromatic heterocycles. The molecule has 5 heteroatoms. The molecule has 1 heterocycles. The largest absolute Gasteiger partial charge is 0.495 e. The number of nitrogens with zero attached hydrogens (tertiary/aromatic N) is 1. The summed E-state index contributed by atoms with van der Waals surface area (Å²) in [6.07, 6.45) is 3.03. The number of carbonyl (C=O) groups excluding carboxylic acids is 1. The molecule has 2 rings (SSSR count). The number of hydrogen-bond acceptors (Lipinski definition) is 4. The van der Waals surface area contributed by atoms with E-state index in [2.05, 4.69) is 23.6 Å². The molecule has 0 bridgehead atoms. The summed E-state index contributed by atoms with van der Waals surface area (Å²) in [6.45, 7) is 3.01. The summed E-state index contributed by atoms with van der Waals surface area (Å²) < 4.78 is 5.23. The zero-order chi connectivity index (χ0) is 15.2. The molecule has 2 unspecified atom stereocenters. The average molecular weight is 287 g/mol. The van der Waals surface area contributed by atoms with Crippen LogP contribution in [-0.2, 0) is 4.79 Å². The van der Waals surface area contributed by atoms with E-state index >= 15 is 0 Å². The number of hydrogen-bond donors (Lipinski definition) is 2. The van der Waals surface area contributed by atoms with Gasteiger partial charge < -0.3 is 15.4 Å². The molecule has 1 aromatic carbocycles. The van der Waals surface area contributed by atoms with Crippen molar-refractivity contribution in [2.75, 3.05) is 19.0 Å². The fourth-order valence-corrected chi connectivity index (χ4v) is 2.70. The number of benzene rings is 1. The van der Waals surface area contributed by atoms with Crippen LogP contribution in [0.3, 0.4) is 0 Å². The molecular weight excluding hydrogens is 266 g/mol. The van der Waals surface area contributed by atoms with Crippen LogP contribution in [0.25, 0.3) is 0 Å². The highest BCUT2D eigenvalue weighted by molar-refractivity contribution is 5.97. The van der Waals surface area contributed by atoms with E-state index in [1.165, 1.54) is 7.11 Å². The monoisotopic (exact) mass is 287 g/mol. The van der Waals surface area contributed by atoms with Crippen LogP contribution in [0.15, 0.2) is 18.2 Å². The second-order valence-corrected chi connectivity index (χ2v) is 5.29. The van der Waals surface area contributed by atoms with Gasteiger partial charge in [-0.2, -0.15) is 5.26 Å². The summed E-state index contributed by atoms with van der Waals surface area (Å²) >= 11 is 0. The van der Waals surface area contributed by atoms with Gasteiger partial charge in [0.05, 0.1) is 18.7 Å². The number of piperidine rings is 1. The zero-order valence-electron chi connectivity index (χ0n) is 12.5. The first kappa shape index (κ1) is 15.3. The summed E-state index contributed by atoms with van der Waals surface area (Å²) in [5.41, 5.74) is 0.860. The first-order valence-electron chi connectivity index (χ1n) is 7.31. The fourth-order valence-electron chi connectivity index (χ4n) is 2.70. The number of nitrogens with one attached hydrogen (secondary N) is 2. The minimum Gasteiger partial charge on any atom is -0.495 e. The summed E-state index contributed by atoms with van der Waals surface area (Å²) in [5, 5.41) is 15.3. The van der Waals surface area contributed by atoms with E-state index in [-0.39, 0.29) is 11.9 Å². The lowest BCUT2D eigenvalue weighted by Crippen LogP contribution is -2.46. The molecule has 1 aromatic rings. The standard InChI is InChI=1S/C16H21N3O2/c1-3-11-7-8-18-13(9-11)16(20)19-15-12(10-17)5-4-6-14(15)21-2/h4-6,11,13,18H,3,7-9H2,1-2H3,(H,19,20). The smallest absolute Gasteiger partial charge is 0.241 e. The van der Waals surface area contributed by atoms with Crippen LogP contribution in [0.4, 0.5) is 5.69 Å². The lowest BCUT2D eigenvalue weighted by molar-refractivity contribution is -0.119. The van der Waals surface area contributed by atoms with Crippen molar-refractivity contribution in [1.29, 1.82) is 5.26 Å². The minimum absolute atomic E-state index is 0.103. The summed E-state index contributed by atoms with van der Waals surface area (Å²) in [6, 6.07) is 7.01. The van der Waals surface area contributed by atoms with E-state index in [4.69, 9.17) is 10.00 Å². The number of anilines is 1. The molecule has 21 heavy (non-hydrogen) atoms. The number of nitriles is 1. The number of methoxy groups -OCH3 is 1. The van der Waals surface area contributed by atoms with Crippen LogP contribution in [0.1, 0.15) is 31.7 Å². The number of ether oxygens (including phenoxy) is 1. The SMILES string of the molecule is CCC1CCNC(C(=O)Nc2c(C#N)cccc2OC)C1. The lowest BCUT2D eigenvalue weighted by Gasteiger charge is -2.29. The molecule has 1 amide bonds. The van der Waals surface area contributed by atoms with Gasteiger partial charge in [0.15, 0.2) is 0 Å². The first-order valence-corrected chi connectivity index (χ1v) is 7.31. The van der Waals surface area contributed by atoms with Crippen molar-refractivity contribution in [3.05, 3.63) is 23.8 Å². The highest BCUT2D eigenvalue weighted by Gasteiger charge is 2.27. The van der Waals surface area contributed by atoms with Crippen molar-refractivity contribution in [1.82, 2.24) is 5.32 Å². The molecule has 1 saturated heterocycles. The molecule has 1 fully saturated rings. The van der Waals surface area contributed by atoms with E-state index in [0.717, 1.165) is 25.8 Å². The summed E-state index contributed by atoms with van der Waals surface area (Å²) in [5.74, 6) is 0.981. The molecule has 0 aliphatic carbocycles. The van der Waals surface area contributed by atoms with E-state index in [1.54, 1.807) is 18.2 Å². The Hall–Kier alpha value is -2.06. The minimum atomic E-state index is -0.208. The van der Waals surface area contributed by atoms with Crippen molar-refractivity contribution in [3.63, 3.8) is 0 Å². The van der Waals surface area contributed by atoms with Crippen molar-refractivity contribution in [2.24, 2.45) is 5.92 Å². The molecule has 5 nitrogen and oxygen atoms in total. The maximum absolute atomic E-state index is 12.4. The van der Waals surface area contributed by atoms with Gasteiger partial charge >= 0.3 is 0 Å². The highest BCUT2D eigenvalue weighted by Crippen LogP contribution is 2.28. The second kappa shape index (κ2) is 7.09. The third-order valence-corrected chi connectivity index (χ3v) is 4.02. The predicted octanol–water partition coefficient (Wildman–Crippen LogP) is 2.28. The second-order valence-electron chi connectivity index (χ2n) is 5.29. The van der Waals surface area contributed by atoms with Gasteiger partial charge in [0.1, 0.15) is 17.5 Å². The Morgan fingerprint density at radius 1 is 1.57 bits per heavy atom. The van der Waals surface area contributed by atoms with Gasteiger partial charge in [0.25, 0.3) is 0 Å². The first-order chi connectivity index (χ1) is 10.2. The van der Waals surface area contributed by atoms with Gasteiger partial charge in [-0.05, 0) is 37.4 Å². The van der Waals surface area contributed by atoms with Crippen molar-refractivity contribution >= 4 is 11.6 Å². The van der Waals surface area contributed by atoms with Crippen LogP contribution >= 0.6 is 0 Å². The summed E-state index contributed by atoms with van der Waals surface area (Å²) in [4.78, 5) is 12.4. The summed E-state index contributed by atoms with van der Waals surface area (Å²) in [7, 11) is 1.53. The van der Waals surface area contributed by atoms with E-state index < -0.39 is 0 Å². The van der Waals surface area contributed by atoms with Gasteiger partial charge in [0.2, 0.25) is 5.91 Å². The average Bonchev–Trinajstić information content (AvgIpc) is 2.54. The number of amides is 1. The third kappa shape index (κ3) is 3.53. The maximum Gasteiger partial charge on any atom is 0.241 e. The molecule has 112 valence electrons. The predicted molar refractivity (Wildman–Crippen MR) is 81.1 cm³/mol. The van der Waals surface area contributed by atoms with Gasteiger partial charge in [0, 0.05) is 0 Å². The van der Waals surface area contributed by atoms with Crippen LogP contribution < -0.4 is 15.4 Å². The molecule has 1 aliphatic rings. The number of rotatable bonds is 4. The Labute approximate surface area is 125 Å². The molecule has 2 N–H and O–H groups in total. The van der Waals surface area contributed by atoms with Crippen molar-refractivity contribution in [2.45, 2.75) is 32.2 Å². The Balaban J connectivity index is 2.14. The number of carbonyl (C=O) groups is 1. The zero-order valence-corrected chi connectivity index (χ0v) is 12.5. The Morgan fingerprint density at radius 3 is 3.05 bits per heavy atom. The van der Waals surface area contributed by atoms with Gasteiger partial charge in [-0.1, -0.05) is 19.4 Å². The van der Waals surface area contributed by atoms with Crippen LogP contribution in [0.2, 0.25) is 0 Å².